The molecule has 0 saturated carbocycles. The largest absolute Gasteiger partial charge is 0.454 e. The minimum Gasteiger partial charge on any atom is -0.454 e. The zero-order valence-electron chi connectivity index (χ0n) is 16.3. The maximum Gasteiger partial charge on any atom is 0.331 e. The number of likely N-dealkylation sites (N-methyl/N-ethyl adjacent to an activating group) is 1. The lowest BCUT2D eigenvalue weighted by Gasteiger charge is -2.17. The molecule has 0 spiro atoms. The second-order valence-corrected chi connectivity index (χ2v) is 8.39. The van der Waals surface area contributed by atoms with Gasteiger partial charge in [0.05, 0.1) is 4.90 Å². The maximum absolute atomic E-state index is 13.0. The molecule has 30 heavy (non-hydrogen) atoms. The number of halogens is 1. The standard InChI is InChI=1S/C20H20FN3O5S/c1-13(22-19-16-5-3-4-6-17(16)30(27,28)23-19)20(26)29-12-18(25)24(2)11-14-7-9-15(21)10-8-14/h3-10,13H,11-12H2,1-2H3,(H,22,23)/t13-/m0/s1. The fourth-order valence-electron chi connectivity index (χ4n) is 2.79. The molecule has 0 aromatic heterocycles. The third-order valence-corrected chi connectivity index (χ3v) is 5.82. The lowest BCUT2D eigenvalue weighted by atomic mass is 10.2. The monoisotopic (exact) mass is 433 g/mol. The predicted octanol–water partition coefficient (Wildman–Crippen LogP) is 1.45. The molecular formula is C20H20FN3O5S. The summed E-state index contributed by atoms with van der Waals surface area (Å²) in [6, 6.07) is 11.0. The molecule has 158 valence electrons. The van der Waals surface area contributed by atoms with E-state index in [0.717, 1.165) is 5.56 Å². The average Bonchev–Trinajstić information content (AvgIpc) is 2.97. The number of carbonyl (C=O) groups is 2. The first-order valence-corrected chi connectivity index (χ1v) is 10.5. The zero-order valence-corrected chi connectivity index (χ0v) is 17.1. The molecular weight excluding hydrogens is 413 g/mol. The quantitative estimate of drug-likeness (QED) is 0.695. The van der Waals surface area contributed by atoms with Crippen LogP contribution in [0.25, 0.3) is 0 Å². The molecule has 0 bridgehead atoms. The van der Waals surface area contributed by atoms with Crippen molar-refractivity contribution >= 4 is 27.7 Å². The highest BCUT2D eigenvalue weighted by Crippen LogP contribution is 2.22. The Hall–Kier alpha value is -3.27. The number of sulfonamides is 1. The molecule has 0 radical (unpaired) electrons. The fourth-order valence-corrected chi connectivity index (χ4v) is 4.03. The molecule has 0 unspecified atom stereocenters. The van der Waals surface area contributed by atoms with Crippen LogP contribution in [0, 0.1) is 5.82 Å². The molecule has 2 aromatic rings. The molecule has 1 N–H and O–H groups in total. The van der Waals surface area contributed by atoms with Gasteiger partial charge in [-0.05, 0) is 36.8 Å². The van der Waals surface area contributed by atoms with Crippen molar-refractivity contribution in [2.45, 2.75) is 24.4 Å². The van der Waals surface area contributed by atoms with E-state index in [1.165, 1.54) is 37.1 Å². The van der Waals surface area contributed by atoms with Gasteiger partial charge >= 0.3 is 5.97 Å². The first kappa shape index (κ1) is 21.4. The number of nitrogens with one attached hydrogen (secondary N) is 1. The second-order valence-electron chi connectivity index (χ2n) is 6.74. The summed E-state index contributed by atoms with van der Waals surface area (Å²) in [6.07, 6.45) is 0. The van der Waals surface area contributed by atoms with Crippen molar-refractivity contribution in [1.29, 1.82) is 0 Å². The van der Waals surface area contributed by atoms with E-state index in [1.54, 1.807) is 30.3 Å². The number of benzene rings is 2. The van der Waals surface area contributed by atoms with E-state index < -0.39 is 34.5 Å². The van der Waals surface area contributed by atoms with Crippen LogP contribution in [-0.4, -0.2) is 50.7 Å². The Balaban J connectivity index is 1.58. The van der Waals surface area contributed by atoms with Crippen LogP contribution >= 0.6 is 0 Å². The molecule has 0 fully saturated rings. The normalized spacial score (nSPS) is 16.4. The summed E-state index contributed by atoms with van der Waals surface area (Å²) in [5.74, 6) is -1.53. The molecule has 1 atom stereocenters. The summed E-state index contributed by atoms with van der Waals surface area (Å²) in [4.78, 5) is 29.9. The molecule has 2 aromatic carbocycles. The number of rotatable bonds is 6. The average molecular weight is 433 g/mol. The van der Waals surface area contributed by atoms with Crippen molar-refractivity contribution in [3.63, 3.8) is 0 Å². The first-order chi connectivity index (χ1) is 14.2. The summed E-state index contributed by atoms with van der Waals surface area (Å²) >= 11 is 0. The summed E-state index contributed by atoms with van der Waals surface area (Å²) in [5.41, 5.74) is 1.10. The van der Waals surface area contributed by atoms with Gasteiger partial charge in [-0.25, -0.2) is 17.6 Å². The maximum atomic E-state index is 13.0. The Morgan fingerprint density at radius 3 is 2.53 bits per heavy atom. The van der Waals surface area contributed by atoms with Crippen LogP contribution in [0.1, 0.15) is 18.1 Å². The molecule has 8 nitrogen and oxygen atoms in total. The molecule has 3 rings (SSSR count). The predicted molar refractivity (Wildman–Crippen MR) is 107 cm³/mol. The number of hydrogen-bond acceptors (Lipinski definition) is 6. The molecule has 0 saturated heterocycles. The van der Waals surface area contributed by atoms with Gasteiger partial charge in [-0.15, -0.1) is 0 Å². The van der Waals surface area contributed by atoms with Gasteiger partial charge in [0.25, 0.3) is 15.9 Å². The van der Waals surface area contributed by atoms with E-state index in [1.807, 2.05) is 0 Å². The van der Waals surface area contributed by atoms with Crippen LogP contribution in [0.2, 0.25) is 0 Å². The Morgan fingerprint density at radius 2 is 1.83 bits per heavy atom. The minimum absolute atomic E-state index is 0.0507. The van der Waals surface area contributed by atoms with Gasteiger partial charge in [-0.1, -0.05) is 24.3 Å². The van der Waals surface area contributed by atoms with Gasteiger partial charge in [0, 0.05) is 19.2 Å². The Morgan fingerprint density at radius 1 is 1.17 bits per heavy atom. The van der Waals surface area contributed by atoms with Crippen molar-refractivity contribution in [1.82, 2.24) is 9.62 Å². The number of amides is 1. The van der Waals surface area contributed by atoms with Gasteiger partial charge < -0.3 is 9.64 Å². The third-order valence-electron chi connectivity index (χ3n) is 4.42. The number of esters is 1. The van der Waals surface area contributed by atoms with Crippen LogP contribution in [-0.2, 0) is 30.9 Å². The Bertz CT molecular complexity index is 1100. The van der Waals surface area contributed by atoms with Crippen molar-refractivity contribution in [2.75, 3.05) is 13.7 Å². The molecule has 10 heteroatoms. The number of hydrogen-bond donors (Lipinski definition) is 1. The topological polar surface area (TPSA) is 105 Å². The van der Waals surface area contributed by atoms with Gasteiger partial charge in [-0.2, -0.15) is 0 Å². The molecule has 0 aliphatic carbocycles. The molecule has 1 heterocycles. The third kappa shape index (κ3) is 4.82. The number of amidine groups is 1. The highest BCUT2D eigenvalue weighted by Gasteiger charge is 2.31. The van der Waals surface area contributed by atoms with Crippen molar-refractivity contribution in [2.24, 2.45) is 4.99 Å². The summed E-state index contributed by atoms with van der Waals surface area (Å²) in [6.45, 7) is 1.18. The van der Waals surface area contributed by atoms with Crippen LogP contribution in [0.4, 0.5) is 4.39 Å². The van der Waals surface area contributed by atoms with Gasteiger partial charge in [0.2, 0.25) is 0 Å². The van der Waals surface area contributed by atoms with E-state index in [9.17, 15) is 22.4 Å². The lowest BCUT2D eigenvalue weighted by Crippen LogP contribution is -2.33. The van der Waals surface area contributed by atoms with Crippen LogP contribution in [0.3, 0.4) is 0 Å². The number of fused-ring (bicyclic) bond motifs is 1. The molecule has 1 amide bonds. The fraction of sp³-hybridized carbons (Fsp3) is 0.250. The van der Waals surface area contributed by atoms with E-state index >= 15 is 0 Å². The van der Waals surface area contributed by atoms with Crippen LogP contribution in [0.5, 0.6) is 0 Å². The van der Waals surface area contributed by atoms with E-state index in [4.69, 9.17) is 4.74 Å². The van der Waals surface area contributed by atoms with Crippen molar-refractivity contribution in [3.05, 3.63) is 65.5 Å². The smallest absolute Gasteiger partial charge is 0.331 e. The molecule has 1 aliphatic heterocycles. The second kappa shape index (κ2) is 8.62. The van der Waals surface area contributed by atoms with Crippen molar-refractivity contribution in [3.8, 4) is 0 Å². The Labute approximate surface area is 173 Å². The van der Waals surface area contributed by atoms with Gasteiger partial charge in [0.15, 0.2) is 6.61 Å². The summed E-state index contributed by atoms with van der Waals surface area (Å²) in [7, 11) is -2.18. The molecule has 1 aliphatic rings. The number of ether oxygens (including phenoxy) is 1. The van der Waals surface area contributed by atoms with E-state index in [2.05, 4.69) is 9.71 Å². The minimum atomic E-state index is -3.71. The zero-order chi connectivity index (χ0) is 21.9. The lowest BCUT2D eigenvalue weighted by molar-refractivity contribution is -0.152. The van der Waals surface area contributed by atoms with Crippen molar-refractivity contribution < 1.29 is 27.1 Å². The summed E-state index contributed by atoms with van der Waals surface area (Å²) in [5, 5.41) is 0. The van der Waals surface area contributed by atoms with Gasteiger partial charge in [-0.3, -0.25) is 14.5 Å². The van der Waals surface area contributed by atoms with E-state index in [-0.39, 0.29) is 23.1 Å². The highest BCUT2D eigenvalue weighted by atomic mass is 32.2. The highest BCUT2D eigenvalue weighted by molar-refractivity contribution is 7.90. The Kier molecular flexibility index (Phi) is 6.16. The number of nitrogens with zero attached hydrogens (tertiary/aromatic N) is 2. The summed E-state index contributed by atoms with van der Waals surface area (Å²) < 4.78 is 44.5. The van der Waals surface area contributed by atoms with Gasteiger partial charge in [0.1, 0.15) is 17.7 Å². The number of carbonyl (C=O) groups excluding carboxylic acids is 2. The van der Waals surface area contributed by atoms with Crippen LogP contribution < -0.4 is 4.72 Å². The number of aliphatic imine (C=N–C) groups is 1. The SMILES string of the molecule is C[C@H](N=C1NS(=O)(=O)c2ccccc21)C(=O)OCC(=O)N(C)Cc1ccc(F)cc1. The first-order valence-electron chi connectivity index (χ1n) is 9.02. The van der Waals surface area contributed by atoms with Crippen LogP contribution in [0.15, 0.2) is 58.4 Å². The van der Waals surface area contributed by atoms with E-state index in [0.29, 0.717) is 5.56 Å².